The van der Waals surface area contributed by atoms with Gasteiger partial charge in [0.2, 0.25) is 5.91 Å². The third-order valence-electron chi connectivity index (χ3n) is 6.89. The third kappa shape index (κ3) is 5.37. The molecule has 2 fully saturated rings. The van der Waals surface area contributed by atoms with Crippen molar-refractivity contribution in [2.75, 3.05) is 39.3 Å². The Kier molecular flexibility index (Phi) is 7.43. The second-order valence-corrected chi connectivity index (χ2v) is 10.0. The number of hydrogen-bond acceptors (Lipinski definition) is 4. The molecule has 2 saturated heterocycles. The Morgan fingerprint density at radius 3 is 2.32 bits per heavy atom. The maximum absolute atomic E-state index is 12.7. The summed E-state index contributed by atoms with van der Waals surface area (Å²) in [7, 11) is 0. The molecule has 1 aromatic carbocycles. The lowest BCUT2D eigenvalue weighted by Gasteiger charge is -2.34. The van der Waals surface area contributed by atoms with Crippen molar-refractivity contribution in [2.24, 2.45) is 5.92 Å². The van der Waals surface area contributed by atoms with Crippen molar-refractivity contribution < 1.29 is 14.4 Å². The predicted octanol–water partition coefficient (Wildman–Crippen LogP) is 3.94. The van der Waals surface area contributed by atoms with Crippen LogP contribution in [0.3, 0.4) is 0 Å². The van der Waals surface area contributed by atoms with E-state index in [1.165, 1.54) is 50.2 Å². The van der Waals surface area contributed by atoms with E-state index >= 15 is 0 Å². The van der Waals surface area contributed by atoms with E-state index in [2.05, 4.69) is 20.8 Å². The van der Waals surface area contributed by atoms with Crippen LogP contribution in [0, 0.1) is 5.92 Å². The first-order valence-electron chi connectivity index (χ1n) is 11.7. The molecular weight excluding hydrogens is 458 g/mol. The number of benzene rings is 1. The van der Waals surface area contributed by atoms with Crippen LogP contribution in [0.25, 0.3) is 0 Å². The molecule has 6 nitrogen and oxygen atoms in total. The van der Waals surface area contributed by atoms with Gasteiger partial charge in [0, 0.05) is 37.1 Å². The summed E-state index contributed by atoms with van der Waals surface area (Å²) < 4.78 is 0.781. The van der Waals surface area contributed by atoms with Crippen LogP contribution in [0.15, 0.2) is 22.7 Å². The number of imide groups is 1. The Bertz CT molecular complexity index is 827. The summed E-state index contributed by atoms with van der Waals surface area (Å²) in [5, 5.41) is 0. The first-order chi connectivity index (χ1) is 15.0. The van der Waals surface area contributed by atoms with Gasteiger partial charge >= 0.3 is 0 Å². The Morgan fingerprint density at radius 1 is 0.935 bits per heavy atom. The van der Waals surface area contributed by atoms with Crippen LogP contribution < -0.4 is 0 Å². The van der Waals surface area contributed by atoms with Crippen LogP contribution >= 0.6 is 15.9 Å². The van der Waals surface area contributed by atoms with Gasteiger partial charge in [-0.25, -0.2) is 0 Å². The fraction of sp³-hybridized carbons (Fsp3) is 0.625. The zero-order chi connectivity index (χ0) is 21.8. The topological polar surface area (TPSA) is 60.9 Å². The van der Waals surface area contributed by atoms with Gasteiger partial charge in [-0.1, -0.05) is 28.8 Å². The van der Waals surface area contributed by atoms with Crippen molar-refractivity contribution in [3.05, 3.63) is 33.8 Å². The second kappa shape index (κ2) is 10.3. The molecule has 1 aromatic rings. The number of carbonyl (C=O) groups is 3. The van der Waals surface area contributed by atoms with Gasteiger partial charge in [-0.3, -0.25) is 19.3 Å². The Labute approximate surface area is 193 Å². The molecule has 0 N–H and O–H groups in total. The Hall–Kier alpha value is -1.73. The van der Waals surface area contributed by atoms with Crippen LogP contribution in [-0.2, 0) is 4.79 Å². The van der Waals surface area contributed by atoms with Gasteiger partial charge in [-0.05, 0) is 69.3 Å². The number of fused-ring (bicyclic) bond motifs is 1. The average molecular weight is 490 g/mol. The van der Waals surface area contributed by atoms with Gasteiger partial charge in [0.25, 0.3) is 11.8 Å². The van der Waals surface area contributed by atoms with E-state index in [4.69, 9.17) is 0 Å². The van der Waals surface area contributed by atoms with Gasteiger partial charge in [0.1, 0.15) is 0 Å². The number of rotatable bonds is 6. The van der Waals surface area contributed by atoms with E-state index in [0.29, 0.717) is 36.4 Å². The highest BCUT2D eigenvalue weighted by molar-refractivity contribution is 9.10. The lowest BCUT2D eigenvalue weighted by molar-refractivity contribution is -0.132. The molecule has 0 saturated carbocycles. The molecular formula is C24H32BrN3O3. The van der Waals surface area contributed by atoms with Crippen molar-refractivity contribution in [3.8, 4) is 0 Å². The molecule has 3 aliphatic rings. The first-order valence-corrected chi connectivity index (χ1v) is 12.5. The highest BCUT2D eigenvalue weighted by Crippen LogP contribution is 2.26. The fourth-order valence-corrected chi connectivity index (χ4v) is 5.42. The van der Waals surface area contributed by atoms with E-state index in [1.807, 2.05) is 4.90 Å². The summed E-state index contributed by atoms with van der Waals surface area (Å²) in [5.41, 5.74) is 0.892. The van der Waals surface area contributed by atoms with Crippen LogP contribution in [-0.4, -0.2) is 71.7 Å². The number of amides is 3. The second-order valence-electron chi connectivity index (χ2n) is 9.09. The fourth-order valence-electron chi connectivity index (χ4n) is 5.06. The summed E-state index contributed by atoms with van der Waals surface area (Å²) in [6.07, 6.45) is 8.42. The number of hydrogen-bond donors (Lipinski definition) is 0. The summed E-state index contributed by atoms with van der Waals surface area (Å²) in [6.45, 7) is 5.59. The van der Waals surface area contributed by atoms with Crippen LogP contribution in [0.5, 0.6) is 0 Å². The van der Waals surface area contributed by atoms with Crippen LogP contribution in [0.4, 0.5) is 0 Å². The summed E-state index contributed by atoms with van der Waals surface area (Å²) in [5.74, 6) is 0.324. The van der Waals surface area contributed by atoms with Gasteiger partial charge in [-0.2, -0.15) is 0 Å². The zero-order valence-corrected chi connectivity index (χ0v) is 19.7. The molecule has 3 aliphatic heterocycles. The van der Waals surface area contributed by atoms with Gasteiger partial charge in [0.05, 0.1) is 11.1 Å². The van der Waals surface area contributed by atoms with Crippen LogP contribution in [0.2, 0.25) is 0 Å². The number of nitrogens with zero attached hydrogens (tertiary/aromatic N) is 3. The minimum atomic E-state index is -0.261. The van der Waals surface area contributed by atoms with Gasteiger partial charge in [-0.15, -0.1) is 0 Å². The van der Waals surface area contributed by atoms with Crippen molar-refractivity contribution >= 4 is 33.7 Å². The van der Waals surface area contributed by atoms with Crippen molar-refractivity contribution in [2.45, 2.75) is 51.4 Å². The minimum Gasteiger partial charge on any atom is -0.343 e. The highest BCUT2D eigenvalue weighted by atomic mass is 79.9. The van der Waals surface area contributed by atoms with E-state index < -0.39 is 0 Å². The van der Waals surface area contributed by atoms with E-state index in [0.717, 1.165) is 30.4 Å². The SMILES string of the molecule is O=C(CCCN1C(=O)c2ccc(Br)cc2C1=O)N1CCC(CN2CCCCCC2)CC1. The first kappa shape index (κ1) is 22.5. The number of piperidine rings is 1. The molecule has 31 heavy (non-hydrogen) atoms. The molecule has 168 valence electrons. The molecule has 7 heteroatoms. The van der Waals surface area contributed by atoms with Crippen LogP contribution in [0.1, 0.15) is 72.1 Å². The largest absolute Gasteiger partial charge is 0.343 e. The molecule has 0 aromatic heterocycles. The average Bonchev–Trinajstić information content (AvgIpc) is 2.94. The molecule has 0 bridgehead atoms. The zero-order valence-electron chi connectivity index (χ0n) is 18.2. The molecule has 0 radical (unpaired) electrons. The predicted molar refractivity (Wildman–Crippen MR) is 123 cm³/mol. The van der Waals surface area contributed by atoms with Crippen molar-refractivity contribution in [3.63, 3.8) is 0 Å². The van der Waals surface area contributed by atoms with Crippen molar-refractivity contribution in [1.29, 1.82) is 0 Å². The monoisotopic (exact) mass is 489 g/mol. The number of halogens is 1. The normalized spacial score (nSPS) is 20.8. The highest BCUT2D eigenvalue weighted by Gasteiger charge is 2.35. The van der Waals surface area contributed by atoms with Gasteiger partial charge in [0.15, 0.2) is 0 Å². The maximum atomic E-state index is 12.7. The molecule has 0 aliphatic carbocycles. The standard InChI is InChI=1S/C24H32BrN3O3/c25-19-7-8-20-21(16-19)24(31)28(23(20)30)13-5-6-22(29)27-14-9-18(10-15-27)17-26-11-3-1-2-4-12-26/h7-8,16,18H,1-6,9-15,17H2. The van der Waals surface area contributed by atoms with E-state index in [-0.39, 0.29) is 17.7 Å². The maximum Gasteiger partial charge on any atom is 0.261 e. The number of carbonyl (C=O) groups excluding carboxylic acids is 3. The molecule has 0 atom stereocenters. The number of likely N-dealkylation sites (tertiary alicyclic amines) is 2. The Balaban J connectivity index is 1.19. The molecule has 0 spiro atoms. The summed E-state index contributed by atoms with van der Waals surface area (Å²) in [4.78, 5) is 43.6. The molecule has 3 amide bonds. The Morgan fingerprint density at radius 2 is 1.61 bits per heavy atom. The third-order valence-corrected chi connectivity index (χ3v) is 7.38. The van der Waals surface area contributed by atoms with Gasteiger partial charge < -0.3 is 9.80 Å². The lowest BCUT2D eigenvalue weighted by Crippen LogP contribution is -2.42. The minimum absolute atomic E-state index is 0.146. The summed E-state index contributed by atoms with van der Waals surface area (Å²) in [6, 6.07) is 5.14. The smallest absolute Gasteiger partial charge is 0.261 e. The molecule has 0 unspecified atom stereocenters. The van der Waals surface area contributed by atoms with E-state index in [1.54, 1.807) is 18.2 Å². The quantitative estimate of drug-likeness (QED) is 0.567. The lowest BCUT2D eigenvalue weighted by atomic mass is 9.95. The van der Waals surface area contributed by atoms with E-state index in [9.17, 15) is 14.4 Å². The van der Waals surface area contributed by atoms with Crippen molar-refractivity contribution in [1.82, 2.24) is 14.7 Å². The summed E-state index contributed by atoms with van der Waals surface area (Å²) >= 11 is 3.35. The molecule has 3 heterocycles. The molecule has 4 rings (SSSR count).